The first kappa shape index (κ1) is 16.4. The molecule has 114 valence electrons. The highest BCUT2D eigenvalue weighted by molar-refractivity contribution is 7.99. The molecule has 1 amide bonds. The lowest BCUT2D eigenvalue weighted by Crippen LogP contribution is -2.50. The smallest absolute Gasteiger partial charge is 0.321 e. The molecule has 1 aromatic carbocycles. The van der Waals surface area contributed by atoms with E-state index >= 15 is 0 Å². The number of amides is 1. The van der Waals surface area contributed by atoms with Gasteiger partial charge in [-0.1, -0.05) is 23.2 Å². The summed E-state index contributed by atoms with van der Waals surface area (Å²) < 4.78 is 0. The van der Waals surface area contributed by atoms with Crippen LogP contribution < -0.4 is 5.32 Å². The summed E-state index contributed by atoms with van der Waals surface area (Å²) in [6, 6.07) is 4.14. The first-order chi connectivity index (χ1) is 9.97. The van der Waals surface area contributed by atoms with Crippen LogP contribution in [0.4, 0.5) is 5.69 Å². The number of nitrogens with zero attached hydrogens (tertiary/aromatic N) is 1. The fourth-order valence-corrected chi connectivity index (χ4v) is 3.47. The number of carboxylic acids is 1. The lowest BCUT2D eigenvalue weighted by atomic mass is 10.2. The van der Waals surface area contributed by atoms with Crippen LogP contribution in [-0.2, 0) is 9.59 Å². The van der Waals surface area contributed by atoms with Crippen LogP contribution in [0.3, 0.4) is 0 Å². The molecule has 1 fully saturated rings. The van der Waals surface area contributed by atoms with E-state index in [1.165, 1.54) is 0 Å². The summed E-state index contributed by atoms with van der Waals surface area (Å²) >= 11 is 13.4. The van der Waals surface area contributed by atoms with Crippen molar-refractivity contribution in [3.8, 4) is 0 Å². The van der Waals surface area contributed by atoms with E-state index in [0.29, 0.717) is 28.0 Å². The highest BCUT2D eigenvalue weighted by Gasteiger charge is 2.30. The Bertz CT molecular complexity index is 556. The summed E-state index contributed by atoms with van der Waals surface area (Å²) in [5.41, 5.74) is 0.424. The molecule has 2 N–H and O–H groups in total. The molecule has 1 aliphatic heterocycles. The molecular weight excluding hydrogens is 335 g/mol. The monoisotopic (exact) mass is 348 g/mol. The molecule has 0 saturated carbocycles. The van der Waals surface area contributed by atoms with E-state index in [1.807, 2.05) is 0 Å². The van der Waals surface area contributed by atoms with Crippen molar-refractivity contribution in [2.24, 2.45) is 0 Å². The highest BCUT2D eigenvalue weighted by Crippen LogP contribution is 2.25. The minimum absolute atomic E-state index is 0.0143. The van der Waals surface area contributed by atoms with Crippen molar-refractivity contribution in [1.82, 2.24) is 4.90 Å². The Labute approximate surface area is 136 Å². The average Bonchev–Trinajstić information content (AvgIpc) is 2.43. The molecule has 0 radical (unpaired) electrons. The highest BCUT2D eigenvalue weighted by atomic mass is 35.5. The number of carbonyl (C=O) groups excluding carboxylic acids is 1. The van der Waals surface area contributed by atoms with E-state index in [2.05, 4.69) is 5.32 Å². The third kappa shape index (κ3) is 4.51. The number of carbonyl (C=O) groups is 2. The van der Waals surface area contributed by atoms with Gasteiger partial charge in [-0.15, -0.1) is 0 Å². The number of halogens is 2. The van der Waals surface area contributed by atoms with Crippen molar-refractivity contribution in [3.63, 3.8) is 0 Å². The Balaban J connectivity index is 2.00. The van der Waals surface area contributed by atoms with E-state index < -0.39 is 12.0 Å². The van der Waals surface area contributed by atoms with Crippen molar-refractivity contribution in [3.05, 3.63) is 28.2 Å². The van der Waals surface area contributed by atoms with Gasteiger partial charge in [0.2, 0.25) is 5.91 Å². The number of thioether (sulfide) groups is 1. The van der Waals surface area contributed by atoms with Crippen LogP contribution in [0.5, 0.6) is 0 Å². The average molecular weight is 349 g/mol. The van der Waals surface area contributed by atoms with Gasteiger partial charge in [-0.3, -0.25) is 14.5 Å². The number of carboxylic acid groups (broad SMARTS) is 1. The Morgan fingerprint density at radius 3 is 2.90 bits per heavy atom. The number of nitrogens with one attached hydrogen (secondary N) is 1. The minimum Gasteiger partial charge on any atom is -0.480 e. The minimum atomic E-state index is -0.907. The summed E-state index contributed by atoms with van der Waals surface area (Å²) in [6.45, 7) is 0.582. The fourth-order valence-electron chi connectivity index (χ4n) is 2.02. The lowest BCUT2D eigenvalue weighted by Gasteiger charge is -2.31. The second kappa shape index (κ2) is 7.35. The maximum Gasteiger partial charge on any atom is 0.321 e. The number of hydrogen-bond acceptors (Lipinski definition) is 4. The Morgan fingerprint density at radius 1 is 1.43 bits per heavy atom. The van der Waals surface area contributed by atoms with Gasteiger partial charge in [-0.2, -0.15) is 11.8 Å². The molecule has 21 heavy (non-hydrogen) atoms. The molecule has 1 saturated heterocycles. The molecule has 0 aliphatic carbocycles. The van der Waals surface area contributed by atoms with Crippen LogP contribution in [0.1, 0.15) is 0 Å². The quantitative estimate of drug-likeness (QED) is 0.874. The van der Waals surface area contributed by atoms with E-state index in [4.69, 9.17) is 28.3 Å². The standard InChI is InChI=1S/C13H14Cl2N2O3S/c14-8-1-2-9(15)10(5-8)16-12(18)6-17-3-4-21-7-11(17)13(19)20/h1-2,5,11H,3-4,6-7H2,(H,16,18)(H,19,20). The summed E-state index contributed by atoms with van der Waals surface area (Å²) in [4.78, 5) is 24.9. The van der Waals surface area contributed by atoms with Crippen LogP contribution in [0.15, 0.2) is 18.2 Å². The normalized spacial score (nSPS) is 19.2. The SMILES string of the molecule is O=C(CN1CCSCC1C(=O)O)Nc1cc(Cl)ccc1Cl. The maximum absolute atomic E-state index is 12.1. The molecule has 0 aromatic heterocycles. The third-order valence-electron chi connectivity index (χ3n) is 3.07. The van der Waals surface area contributed by atoms with Gasteiger partial charge in [-0.05, 0) is 18.2 Å². The van der Waals surface area contributed by atoms with Gasteiger partial charge in [0.25, 0.3) is 0 Å². The van der Waals surface area contributed by atoms with E-state index in [9.17, 15) is 9.59 Å². The predicted molar refractivity (Wildman–Crippen MR) is 85.4 cm³/mol. The first-order valence-electron chi connectivity index (χ1n) is 6.27. The van der Waals surface area contributed by atoms with Crippen LogP contribution >= 0.6 is 35.0 Å². The molecule has 1 aromatic rings. The molecule has 2 rings (SSSR count). The van der Waals surface area contributed by atoms with E-state index in [1.54, 1.807) is 34.9 Å². The van der Waals surface area contributed by atoms with Crippen molar-refractivity contribution >= 4 is 52.5 Å². The number of aliphatic carboxylic acids is 1. The molecule has 1 unspecified atom stereocenters. The molecule has 5 nitrogen and oxygen atoms in total. The lowest BCUT2D eigenvalue weighted by molar-refractivity contribution is -0.142. The first-order valence-corrected chi connectivity index (χ1v) is 8.18. The van der Waals surface area contributed by atoms with Gasteiger partial charge in [0.05, 0.1) is 17.3 Å². The summed E-state index contributed by atoms with van der Waals surface area (Å²) in [7, 11) is 0. The topological polar surface area (TPSA) is 69.6 Å². The molecule has 0 spiro atoms. The van der Waals surface area contributed by atoms with E-state index in [0.717, 1.165) is 5.75 Å². The van der Waals surface area contributed by atoms with Crippen LogP contribution in [0.2, 0.25) is 10.0 Å². The third-order valence-corrected chi connectivity index (χ3v) is 4.66. The molecule has 0 bridgehead atoms. The van der Waals surface area contributed by atoms with Gasteiger partial charge >= 0.3 is 5.97 Å². The Morgan fingerprint density at radius 2 is 2.19 bits per heavy atom. The van der Waals surface area contributed by atoms with Gasteiger partial charge in [0.1, 0.15) is 6.04 Å². The van der Waals surface area contributed by atoms with Crippen LogP contribution in [0, 0.1) is 0 Å². The second-order valence-corrected chi connectivity index (χ2v) is 6.57. The van der Waals surface area contributed by atoms with Crippen molar-refractivity contribution in [2.45, 2.75) is 6.04 Å². The largest absolute Gasteiger partial charge is 0.480 e. The zero-order valence-corrected chi connectivity index (χ0v) is 13.3. The zero-order chi connectivity index (χ0) is 15.4. The van der Waals surface area contributed by atoms with Gasteiger partial charge < -0.3 is 10.4 Å². The van der Waals surface area contributed by atoms with Gasteiger partial charge in [0, 0.05) is 23.1 Å². The fraction of sp³-hybridized carbons (Fsp3) is 0.385. The Kier molecular flexibility index (Phi) is 5.75. The van der Waals surface area contributed by atoms with Crippen molar-refractivity contribution in [2.75, 3.05) is 29.9 Å². The second-order valence-electron chi connectivity index (χ2n) is 4.57. The van der Waals surface area contributed by atoms with Crippen LogP contribution in [-0.4, -0.2) is 52.5 Å². The van der Waals surface area contributed by atoms with Gasteiger partial charge in [0.15, 0.2) is 0 Å². The van der Waals surface area contributed by atoms with Crippen molar-refractivity contribution < 1.29 is 14.7 Å². The maximum atomic E-state index is 12.1. The predicted octanol–water partition coefficient (Wildman–Crippen LogP) is 2.43. The van der Waals surface area contributed by atoms with Gasteiger partial charge in [-0.25, -0.2) is 0 Å². The number of benzene rings is 1. The van der Waals surface area contributed by atoms with E-state index in [-0.39, 0.29) is 12.5 Å². The number of rotatable bonds is 4. The molecule has 1 aliphatic rings. The van der Waals surface area contributed by atoms with Crippen molar-refractivity contribution in [1.29, 1.82) is 0 Å². The number of anilines is 1. The summed E-state index contributed by atoms with van der Waals surface area (Å²) in [5, 5.41) is 12.7. The molecule has 1 atom stereocenters. The molecule has 8 heteroatoms. The van der Waals surface area contributed by atoms with Crippen LogP contribution in [0.25, 0.3) is 0 Å². The zero-order valence-electron chi connectivity index (χ0n) is 11.0. The summed E-state index contributed by atoms with van der Waals surface area (Å²) in [6.07, 6.45) is 0. The Hall–Kier alpha value is -0.950. The molecule has 1 heterocycles. The number of hydrogen-bond donors (Lipinski definition) is 2. The summed E-state index contributed by atoms with van der Waals surface area (Å²) in [5.74, 6) is 0.0864. The molecular formula is C13H14Cl2N2O3S.